The van der Waals surface area contributed by atoms with Gasteiger partial charge in [0.1, 0.15) is 0 Å². The fourth-order valence-corrected chi connectivity index (χ4v) is 4.03. The van der Waals surface area contributed by atoms with Gasteiger partial charge in [0, 0.05) is 6.04 Å². The third-order valence-corrected chi connectivity index (χ3v) is 4.79. The van der Waals surface area contributed by atoms with E-state index in [1.807, 2.05) is 0 Å². The molecular formula is C15H29N. The SMILES string of the molecule is CCCNC(CCC)CC1CC2CCC1C2. The maximum absolute atomic E-state index is 3.76. The summed E-state index contributed by atoms with van der Waals surface area (Å²) in [7, 11) is 0. The Bertz CT molecular complexity index is 202. The molecule has 2 bridgehead atoms. The molecule has 1 N–H and O–H groups in total. The molecule has 0 aromatic rings. The van der Waals surface area contributed by atoms with Crippen LogP contribution in [0.1, 0.15) is 65.2 Å². The van der Waals surface area contributed by atoms with Gasteiger partial charge < -0.3 is 5.32 Å². The zero-order valence-electron chi connectivity index (χ0n) is 11.2. The van der Waals surface area contributed by atoms with Crippen LogP contribution in [0.2, 0.25) is 0 Å². The summed E-state index contributed by atoms with van der Waals surface area (Å²) in [6.07, 6.45) is 11.7. The molecule has 2 rings (SSSR count). The van der Waals surface area contributed by atoms with Crippen LogP contribution in [0.5, 0.6) is 0 Å². The summed E-state index contributed by atoms with van der Waals surface area (Å²) in [5.41, 5.74) is 0. The van der Waals surface area contributed by atoms with Crippen molar-refractivity contribution in [2.24, 2.45) is 17.8 Å². The molecule has 0 amide bonds. The second-order valence-corrected chi connectivity index (χ2v) is 6.11. The summed E-state index contributed by atoms with van der Waals surface area (Å²) in [4.78, 5) is 0. The van der Waals surface area contributed by atoms with Gasteiger partial charge in [0.05, 0.1) is 0 Å². The molecule has 0 radical (unpaired) electrons. The van der Waals surface area contributed by atoms with Gasteiger partial charge in [0.2, 0.25) is 0 Å². The smallest absolute Gasteiger partial charge is 0.00697 e. The monoisotopic (exact) mass is 223 g/mol. The minimum atomic E-state index is 0.814. The first kappa shape index (κ1) is 12.4. The van der Waals surface area contributed by atoms with Gasteiger partial charge in [-0.1, -0.05) is 26.7 Å². The number of fused-ring (bicyclic) bond motifs is 2. The van der Waals surface area contributed by atoms with Gasteiger partial charge in [-0.3, -0.25) is 0 Å². The van der Waals surface area contributed by atoms with Crippen LogP contribution in [0.25, 0.3) is 0 Å². The first-order chi connectivity index (χ1) is 7.83. The Morgan fingerprint density at radius 2 is 2.00 bits per heavy atom. The molecular weight excluding hydrogens is 194 g/mol. The summed E-state index contributed by atoms with van der Waals surface area (Å²) >= 11 is 0. The van der Waals surface area contributed by atoms with E-state index in [-0.39, 0.29) is 0 Å². The van der Waals surface area contributed by atoms with E-state index in [9.17, 15) is 0 Å². The normalized spacial score (nSPS) is 34.5. The molecule has 0 saturated heterocycles. The number of rotatable bonds is 7. The molecule has 0 aromatic heterocycles. The van der Waals surface area contributed by atoms with Gasteiger partial charge in [-0.05, 0) is 62.8 Å². The molecule has 0 aromatic carbocycles. The minimum absolute atomic E-state index is 0.814. The van der Waals surface area contributed by atoms with Crippen LogP contribution in [-0.2, 0) is 0 Å². The minimum Gasteiger partial charge on any atom is -0.314 e. The zero-order chi connectivity index (χ0) is 11.4. The van der Waals surface area contributed by atoms with Crippen LogP contribution in [-0.4, -0.2) is 12.6 Å². The topological polar surface area (TPSA) is 12.0 Å². The quantitative estimate of drug-likeness (QED) is 0.688. The molecule has 0 heterocycles. The molecule has 2 fully saturated rings. The van der Waals surface area contributed by atoms with Gasteiger partial charge in [0.15, 0.2) is 0 Å². The van der Waals surface area contributed by atoms with E-state index in [4.69, 9.17) is 0 Å². The van der Waals surface area contributed by atoms with Crippen LogP contribution in [0.4, 0.5) is 0 Å². The Kier molecular flexibility index (Phi) is 4.69. The third-order valence-electron chi connectivity index (χ3n) is 4.79. The number of hydrogen-bond donors (Lipinski definition) is 1. The Hall–Kier alpha value is -0.0400. The summed E-state index contributed by atoms with van der Waals surface area (Å²) < 4.78 is 0. The van der Waals surface area contributed by atoms with Crippen molar-refractivity contribution in [3.05, 3.63) is 0 Å². The van der Waals surface area contributed by atoms with Crippen LogP contribution in [0, 0.1) is 17.8 Å². The van der Waals surface area contributed by atoms with Crippen molar-refractivity contribution in [2.75, 3.05) is 6.54 Å². The van der Waals surface area contributed by atoms with Crippen molar-refractivity contribution < 1.29 is 0 Å². The van der Waals surface area contributed by atoms with Gasteiger partial charge in [0.25, 0.3) is 0 Å². The summed E-state index contributed by atoms with van der Waals surface area (Å²) in [6, 6.07) is 0.814. The van der Waals surface area contributed by atoms with Crippen molar-refractivity contribution in [2.45, 2.75) is 71.3 Å². The molecule has 0 aliphatic heterocycles. The summed E-state index contributed by atoms with van der Waals surface area (Å²) in [5.74, 6) is 3.29. The van der Waals surface area contributed by atoms with Crippen molar-refractivity contribution in [3.8, 4) is 0 Å². The number of hydrogen-bond acceptors (Lipinski definition) is 1. The van der Waals surface area contributed by atoms with Gasteiger partial charge in [-0.2, -0.15) is 0 Å². The lowest BCUT2D eigenvalue weighted by molar-refractivity contribution is 0.271. The standard InChI is InChI=1S/C15H29N/c1-3-5-15(16-8-4-2)11-14-10-12-6-7-13(14)9-12/h12-16H,3-11H2,1-2H3. The van der Waals surface area contributed by atoms with E-state index >= 15 is 0 Å². The van der Waals surface area contributed by atoms with Crippen LogP contribution < -0.4 is 5.32 Å². The van der Waals surface area contributed by atoms with Crippen molar-refractivity contribution in [1.82, 2.24) is 5.32 Å². The molecule has 16 heavy (non-hydrogen) atoms. The molecule has 1 heteroatoms. The Morgan fingerprint density at radius 1 is 1.12 bits per heavy atom. The maximum Gasteiger partial charge on any atom is 0.00697 e. The molecule has 4 atom stereocenters. The maximum atomic E-state index is 3.76. The largest absolute Gasteiger partial charge is 0.314 e. The molecule has 2 saturated carbocycles. The Balaban J connectivity index is 1.76. The summed E-state index contributed by atoms with van der Waals surface area (Å²) in [6.45, 7) is 5.81. The molecule has 2 aliphatic rings. The molecule has 2 aliphatic carbocycles. The van der Waals surface area contributed by atoms with E-state index in [2.05, 4.69) is 19.2 Å². The lowest BCUT2D eigenvalue weighted by Gasteiger charge is -2.27. The van der Waals surface area contributed by atoms with Gasteiger partial charge in [-0.25, -0.2) is 0 Å². The Labute approximate surface area is 101 Å². The Morgan fingerprint density at radius 3 is 2.56 bits per heavy atom. The van der Waals surface area contributed by atoms with E-state index in [1.165, 1.54) is 32.2 Å². The average Bonchev–Trinajstić information content (AvgIpc) is 2.88. The zero-order valence-corrected chi connectivity index (χ0v) is 11.2. The highest BCUT2D eigenvalue weighted by Gasteiger charge is 2.39. The fourth-order valence-electron chi connectivity index (χ4n) is 4.03. The van der Waals surface area contributed by atoms with E-state index in [1.54, 1.807) is 25.7 Å². The second kappa shape index (κ2) is 6.05. The third kappa shape index (κ3) is 3.00. The van der Waals surface area contributed by atoms with Gasteiger partial charge in [-0.15, -0.1) is 0 Å². The summed E-state index contributed by atoms with van der Waals surface area (Å²) in [5, 5.41) is 3.76. The van der Waals surface area contributed by atoms with Crippen molar-refractivity contribution >= 4 is 0 Å². The predicted octanol–water partition coefficient (Wildman–Crippen LogP) is 3.98. The van der Waals surface area contributed by atoms with E-state index in [0.717, 1.165) is 23.8 Å². The van der Waals surface area contributed by atoms with Crippen molar-refractivity contribution in [1.29, 1.82) is 0 Å². The van der Waals surface area contributed by atoms with E-state index < -0.39 is 0 Å². The highest BCUT2D eigenvalue weighted by Crippen LogP contribution is 2.50. The first-order valence-corrected chi connectivity index (χ1v) is 7.56. The molecule has 94 valence electrons. The van der Waals surface area contributed by atoms with Crippen molar-refractivity contribution in [3.63, 3.8) is 0 Å². The lowest BCUT2D eigenvalue weighted by atomic mass is 9.83. The fraction of sp³-hybridized carbons (Fsp3) is 1.00. The average molecular weight is 223 g/mol. The van der Waals surface area contributed by atoms with Crippen LogP contribution in [0.15, 0.2) is 0 Å². The molecule has 1 nitrogen and oxygen atoms in total. The highest BCUT2D eigenvalue weighted by atomic mass is 14.9. The van der Waals surface area contributed by atoms with E-state index in [0.29, 0.717) is 0 Å². The van der Waals surface area contributed by atoms with Gasteiger partial charge >= 0.3 is 0 Å². The first-order valence-electron chi connectivity index (χ1n) is 7.56. The molecule has 0 spiro atoms. The second-order valence-electron chi connectivity index (χ2n) is 6.11. The highest BCUT2D eigenvalue weighted by molar-refractivity contribution is 4.91. The molecule has 4 unspecified atom stereocenters. The van der Waals surface area contributed by atoms with Crippen LogP contribution in [0.3, 0.4) is 0 Å². The number of nitrogens with one attached hydrogen (secondary N) is 1. The van der Waals surface area contributed by atoms with Crippen LogP contribution >= 0.6 is 0 Å². The lowest BCUT2D eigenvalue weighted by Crippen LogP contribution is -2.32. The predicted molar refractivity (Wildman–Crippen MR) is 70.5 cm³/mol.